The molecule has 2 saturated carbocycles. The summed E-state index contributed by atoms with van der Waals surface area (Å²) in [6.45, 7) is 1.06. The van der Waals surface area contributed by atoms with Gasteiger partial charge in [0.2, 0.25) is 5.91 Å². The molecular formula is C29H31F3N2O4. The van der Waals surface area contributed by atoms with E-state index in [0.29, 0.717) is 48.1 Å². The summed E-state index contributed by atoms with van der Waals surface area (Å²) >= 11 is 0. The zero-order valence-corrected chi connectivity index (χ0v) is 21.2. The van der Waals surface area contributed by atoms with Gasteiger partial charge in [0.1, 0.15) is 0 Å². The minimum absolute atomic E-state index is 0.172. The lowest BCUT2D eigenvalue weighted by molar-refractivity contribution is -0.137. The summed E-state index contributed by atoms with van der Waals surface area (Å²) in [5, 5.41) is 3.22. The Morgan fingerprint density at radius 3 is 2.66 bits per heavy atom. The van der Waals surface area contributed by atoms with Crippen LogP contribution in [0, 0.1) is 5.92 Å². The van der Waals surface area contributed by atoms with E-state index in [1.165, 1.54) is 24.3 Å². The van der Waals surface area contributed by atoms with Gasteiger partial charge in [-0.05, 0) is 86.4 Å². The van der Waals surface area contributed by atoms with E-state index < -0.39 is 17.3 Å². The maximum Gasteiger partial charge on any atom is 0.416 e. The Kier molecular flexibility index (Phi) is 7.11. The number of amides is 2. The highest BCUT2D eigenvalue weighted by molar-refractivity contribution is 5.96. The number of halogens is 3. The summed E-state index contributed by atoms with van der Waals surface area (Å²) in [5.41, 5.74) is -0.528. The maximum atomic E-state index is 13.3. The van der Waals surface area contributed by atoms with E-state index in [0.717, 1.165) is 44.2 Å². The van der Waals surface area contributed by atoms with Crippen molar-refractivity contribution in [3.05, 3.63) is 65.2 Å². The van der Waals surface area contributed by atoms with Crippen LogP contribution in [-0.2, 0) is 11.0 Å². The molecule has 1 aliphatic heterocycles. The van der Waals surface area contributed by atoms with Crippen LogP contribution in [0.1, 0.15) is 60.0 Å². The van der Waals surface area contributed by atoms with Gasteiger partial charge >= 0.3 is 6.18 Å². The summed E-state index contributed by atoms with van der Waals surface area (Å²) in [6.07, 6.45) is 3.57. The van der Waals surface area contributed by atoms with E-state index >= 15 is 0 Å². The van der Waals surface area contributed by atoms with Crippen LogP contribution >= 0.6 is 0 Å². The van der Waals surface area contributed by atoms with Crippen molar-refractivity contribution in [2.24, 2.45) is 5.92 Å². The lowest BCUT2D eigenvalue weighted by atomic mass is 9.92. The molecule has 1 saturated heterocycles. The molecule has 9 heteroatoms. The normalized spacial score (nSPS) is 22.9. The monoisotopic (exact) mass is 528 g/mol. The van der Waals surface area contributed by atoms with Gasteiger partial charge in [-0.1, -0.05) is 12.1 Å². The lowest BCUT2D eigenvalue weighted by Crippen LogP contribution is -2.54. The summed E-state index contributed by atoms with van der Waals surface area (Å²) in [4.78, 5) is 28.1. The van der Waals surface area contributed by atoms with E-state index in [2.05, 4.69) is 5.32 Å². The third-order valence-corrected chi connectivity index (χ3v) is 7.79. The fourth-order valence-electron chi connectivity index (χ4n) is 5.55. The molecule has 2 aromatic carbocycles. The molecule has 2 atom stereocenters. The molecule has 2 amide bonds. The average Bonchev–Trinajstić information content (AvgIpc) is 3.55. The Labute approximate surface area is 219 Å². The largest absolute Gasteiger partial charge is 0.493 e. The van der Waals surface area contributed by atoms with Gasteiger partial charge in [0.05, 0.1) is 30.9 Å². The molecule has 1 heterocycles. The Morgan fingerprint density at radius 2 is 1.92 bits per heavy atom. The topological polar surface area (TPSA) is 67.9 Å². The third kappa shape index (κ3) is 5.51. The molecule has 0 unspecified atom stereocenters. The van der Waals surface area contributed by atoms with Crippen LogP contribution in [0.5, 0.6) is 11.5 Å². The fourth-order valence-corrected chi connectivity index (χ4v) is 5.55. The Balaban J connectivity index is 1.27. The standard InChI is InChI=1S/C29H31F3N2O4/c1-37-23-11-10-21(17-24(23)38-18-20-7-8-20)27(36)33-28-13-3-6-25(28)34(15-14-28)26(35)12-9-19-4-2-5-22(16-19)29(30,31)32/h2,4-5,9-12,16-17,20,25H,3,6-8,13-15,18H2,1H3,(H,33,36)/b12-9+/t25-,28+/m0/s1. The van der Waals surface area contributed by atoms with Crippen molar-refractivity contribution in [3.8, 4) is 11.5 Å². The highest BCUT2D eigenvalue weighted by Gasteiger charge is 2.52. The molecule has 1 N–H and O–H groups in total. The number of hydrogen-bond acceptors (Lipinski definition) is 4. The molecule has 5 rings (SSSR count). The van der Waals surface area contributed by atoms with E-state index in [9.17, 15) is 22.8 Å². The van der Waals surface area contributed by atoms with Crippen LogP contribution in [0.15, 0.2) is 48.5 Å². The number of alkyl halides is 3. The minimum Gasteiger partial charge on any atom is -0.493 e. The van der Waals surface area contributed by atoms with Gasteiger partial charge in [0, 0.05) is 18.2 Å². The molecule has 0 bridgehead atoms. The van der Waals surface area contributed by atoms with Crippen molar-refractivity contribution in [2.75, 3.05) is 20.3 Å². The summed E-state index contributed by atoms with van der Waals surface area (Å²) < 4.78 is 50.3. The number of nitrogens with zero attached hydrogens (tertiary/aromatic N) is 1. The molecule has 0 spiro atoms. The smallest absolute Gasteiger partial charge is 0.416 e. The molecule has 38 heavy (non-hydrogen) atoms. The number of fused-ring (bicyclic) bond motifs is 1. The number of hydrogen-bond donors (Lipinski definition) is 1. The summed E-state index contributed by atoms with van der Waals surface area (Å²) in [5.74, 6) is 1.16. The molecule has 2 aliphatic carbocycles. The van der Waals surface area contributed by atoms with Gasteiger partial charge in [-0.15, -0.1) is 0 Å². The SMILES string of the molecule is COc1ccc(C(=O)N[C@@]23CCC[C@@H]2N(C(=O)/C=C/c2cccc(C(F)(F)F)c2)CC3)cc1OCC1CC1. The first-order valence-electron chi connectivity index (χ1n) is 13.0. The number of nitrogens with one attached hydrogen (secondary N) is 1. The van der Waals surface area contributed by atoms with Crippen molar-refractivity contribution in [2.45, 2.75) is 56.3 Å². The lowest BCUT2D eigenvalue weighted by Gasteiger charge is -2.33. The van der Waals surface area contributed by atoms with Gasteiger partial charge < -0.3 is 19.7 Å². The zero-order valence-electron chi connectivity index (χ0n) is 21.2. The van der Waals surface area contributed by atoms with E-state index in [1.807, 2.05) is 0 Å². The molecule has 202 valence electrons. The number of carbonyl (C=O) groups is 2. The van der Waals surface area contributed by atoms with Crippen LogP contribution in [0.3, 0.4) is 0 Å². The van der Waals surface area contributed by atoms with Crippen LogP contribution < -0.4 is 14.8 Å². The van der Waals surface area contributed by atoms with Crippen LogP contribution in [0.25, 0.3) is 6.08 Å². The van der Waals surface area contributed by atoms with E-state index in [-0.39, 0.29) is 17.9 Å². The van der Waals surface area contributed by atoms with Crippen molar-refractivity contribution >= 4 is 17.9 Å². The number of benzene rings is 2. The zero-order chi connectivity index (χ0) is 26.9. The predicted octanol–water partition coefficient (Wildman–Crippen LogP) is 5.47. The predicted molar refractivity (Wildman–Crippen MR) is 136 cm³/mol. The number of methoxy groups -OCH3 is 1. The van der Waals surface area contributed by atoms with Crippen molar-refractivity contribution in [1.82, 2.24) is 10.2 Å². The molecule has 3 fully saturated rings. The average molecular weight is 529 g/mol. The third-order valence-electron chi connectivity index (χ3n) is 7.79. The number of carbonyl (C=O) groups excluding carboxylic acids is 2. The van der Waals surface area contributed by atoms with Gasteiger partial charge in [-0.2, -0.15) is 13.2 Å². The maximum absolute atomic E-state index is 13.3. The molecule has 0 radical (unpaired) electrons. The van der Waals surface area contributed by atoms with E-state index in [1.54, 1.807) is 30.2 Å². The molecule has 3 aliphatic rings. The molecule has 6 nitrogen and oxygen atoms in total. The van der Waals surface area contributed by atoms with Crippen molar-refractivity contribution in [1.29, 1.82) is 0 Å². The van der Waals surface area contributed by atoms with Crippen LogP contribution in [0.2, 0.25) is 0 Å². The van der Waals surface area contributed by atoms with Gasteiger partial charge in [0.25, 0.3) is 5.91 Å². The first-order chi connectivity index (χ1) is 18.2. The van der Waals surface area contributed by atoms with Crippen LogP contribution in [0.4, 0.5) is 13.2 Å². The Hall–Kier alpha value is -3.49. The number of rotatable bonds is 8. The quantitative estimate of drug-likeness (QED) is 0.462. The van der Waals surface area contributed by atoms with Crippen LogP contribution in [-0.4, -0.2) is 48.6 Å². The van der Waals surface area contributed by atoms with Crippen molar-refractivity contribution < 1.29 is 32.2 Å². The number of ether oxygens (including phenoxy) is 2. The van der Waals surface area contributed by atoms with Gasteiger partial charge in [0.15, 0.2) is 11.5 Å². The Morgan fingerprint density at radius 1 is 1.11 bits per heavy atom. The summed E-state index contributed by atoms with van der Waals surface area (Å²) in [6, 6.07) is 9.83. The van der Waals surface area contributed by atoms with Crippen molar-refractivity contribution in [3.63, 3.8) is 0 Å². The van der Waals surface area contributed by atoms with Gasteiger partial charge in [-0.25, -0.2) is 0 Å². The van der Waals surface area contributed by atoms with E-state index in [4.69, 9.17) is 9.47 Å². The van der Waals surface area contributed by atoms with Gasteiger partial charge in [-0.3, -0.25) is 9.59 Å². The number of likely N-dealkylation sites (tertiary alicyclic amines) is 1. The second kappa shape index (κ2) is 10.3. The molecule has 2 aromatic rings. The first-order valence-corrected chi connectivity index (χ1v) is 13.0. The minimum atomic E-state index is -4.45. The Bertz CT molecular complexity index is 1240. The molecule has 0 aromatic heterocycles. The summed E-state index contributed by atoms with van der Waals surface area (Å²) in [7, 11) is 1.56. The second-order valence-electron chi connectivity index (χ2n) is 10.4. The second-order valence-corrected chi connectivity index (χ2v) is 10.4. The highest BCUT2D eigenvalue weighted by Crippen LogP contribution is 2.42. The fraction of sp³-hybridized carbons (Fsp3) is 0.448. The first kappa shape index (κ1) is 26.1. The highest BCUT2D eigenvalue weighted by atomic mass is 19.4. The molecular weight excluding hydrogens is 497 g/mol.